The van der Waals surface area contributed by atoms with E-state index in [2.05, 4.69) is 10.3 Å². The van der Waals surface area contributed by atoms with Crippen molar-refractivity contribution in [1.29, 1.82) is 0 Å². The fraction of sp³-hybridized carbons (Fsp3) is 0.500. The van der Waals surface area contributed by atoms with Gasteiger partial charge in [0.1, 0.15) is 6.04 Å². The van der Waals surface area contributed by atoms with Crippen molar-refractivity contribution in [3.63, 3.8) is 0 Å². The number of amides is 3. The molecule has 3 atom stereocenters. The highest BCUT2D eigenvalue weighted by molar-refractivity contribution is 6.09. The number of halogens is 1. The summed E-state index contributed by atoms with van der Waals surface area (Å²) in [5.41, 5.74) is -0.0200. The highest BCUT2D eigenvalue weighted by atomic mass is 19.1. The zero-order valence-electron chi connectivity index (χ0n) is 12.8. The van der Waals surface area contributed by atoms with Crippen LogP contribution in [0.1, 0.15) is 32.6 Å². The molecule has 1 aliphatic carbocycles. The second-order valence-corrected chi connectivity index (χ2v) is 6.06. The number of nitrogens with zero attached hydrogens (tertiary/aromatic N) is 2. The predicted octanol–water partition coefficient (Wildman–Crippen LogP) is 1.72. The molecule has 1 aromatic heterocycles. The SMILES string of the molecule is CC(C(=O)Nc1ccncc1F)N1C(=O)C2CCCCC2C1=O. The van der Waals surface area contributed by atoms with Gasteiger partial charge in [0.25, 0.3) is 0 Å². The first-order chi connectivity index (χ1) is 11.0. The van der Waals surface area contributed by atoms with E-state index < -0.39 is 17.8 Å². The Bertz CT molecular complexity index is 640. The van der Waals surface area contributed by atoms with E-state index in [1.165, 1.54) is 19.2 Å². The molecule has 0 bridgehead atoms. The summed E-state index contributed by atoms with van der Waals surface area (Å²) in [6, 6.07) is 0.362. The van der Waals surface area contributed by atoms with E-state index in [4.69, 9.17) is 0 Å². The second kappa shape index (κ2) is 6.06. The molecule has 122 valence electrons. The van der Waals surface area contributed by atoms with Gasteiger partial charge in [-0.05, 0) is 25.8 Å². The highest BCUT2D eigenvalue weighted by Gasteiger charge is 2.50. The molecule has 1 aliphatic heterocycles. The van der Waals surface area contributed by atoms with Crippen molar-refractivity contribution in [1.82, 2.24) is 9.88 Å². The van der Waals surface area contributed by atoms with Crippen molar-refractivity contribution in [3.8, 4) is 0 Å². The van der Waals surface area contributed by atoms with Gasteiger partial charge in [-0.2, -0.15) is 0 Å². The second-order valence-electron chi connectivity index (χ2n) is 6.06. The van der Waals surface area contributed by atoms with Gasteiger partial charge in [0.05, 0.1) is 23.7 Å². The average Bonchev–Trinajstić information content (AvgIpc) is 2.81. The molecule has 0 radical (unpaired) electrons. The van der Waals surface area contributed by atoms with Gasteiger partial charge in [-0.3, -0.25) is 24.3 Å². The van der Waals surface area contributed by atoms with E-state index in [0.717, 1.165) is 23.9 Å². The number of hydrogen-bond acceptors (Lipinski definition) is 4. The molecular weight excluding hydrogens is 301 g/mol. The Morgan fingerprint density at radius 1 is 1.30 bits per heavy atom. The van der Waals surface area contributed by atoms with E-state index in [1.807, 2.05) is 0 Å². The van der Waals surface area contributed by atoms with Crippen LogP contribution in [0.25, 0.3) is 0 Å². The lowest BCUT2D eigenvalue weighted by molar-refractivity contribution is -0.146. The van der Waals surface area contributed by atoms with Gasteiger partial charge in [-0.25, -0.2) is 4.39 Å². The molecule has 2 heterocycles. The van der Waals surface area contributed by atoms with Gasteiger partial charge in [-0.15, -0.1) is 0 Å². The van der Waals surface area contributed by atoms with Crippen LogP contribution in [-0.4, -0.2) is 33.6 Å². The van der Waals surface area contributed by atoms with E-state index in [0.29, 0.717) is 12.8 Å². The van der Waals surface area contributed by atoms with Crippen LogP contribution < -0.4 is 5.32 Å². The molecule has 23 heavy (non-hydrogen) atoms. The van der Waals surface area contributed by atoms with Crippen LogP contribution in [0.2, 0.25) is 0 Å². The van der Waals surface area contributed by atoms with Crippen LogP contribution in [-0.2, 0) is 14.4 Å². The van der Waals surface area contributed by atoms with Crippen molar-refractivity contribution in [2.45, 2.75) is 38.6 Å². The number of anilines is 1. The van der Waals surface area contributed by atoms with Crippen LogP contribution in [0.4, 0.5) is 10.1 Å². The molecule has 7 heteroatoms. The third-order valence-electron chi connectivity index (χ3n) is 4.67. The summed E-state index contributed by atoms with van der Waals surface area (Å²) in [6.07, 6.45) is 5.58. The zero-order valence-corrected chi connectivity index (χ0v) is 12.8. The summed E-state index contributed by atoms with van der Waals surface area (Å²) in [5.74, 6) is -2.42. The molecule has 0 aromatic carbocycles. The van der Waals surface area contributed by atoms with Gasteiger partial charge >= 0.3 is 0 Å². The Hall–Kier alpha value is -2.31. The van der Waals surface area contributed by atoms with Gasteiger partial charge in [0.2, 0.25) is 17.7 Å². The largest absolute Gasteiger partial charge is 0.322 e. The van der Waals surface area contributed by atoms with Gasteiger partial charge in [-0.1, -0.05) is 12.8 Å². The lowest BCUT2D eigenvalue weighted by Crippen LogP contribution is -2.46. The minimum absolute atomic E-state index is 0.0200. The maximum atomic E-state index is 13.6. The lowest BCUT2D eigenvalue weighted by Gasteiger charge is -2.22. The first kappa shape index (κ1) is 15.6. The van der Waals surface area contributed by atoms with Crippen molar-refractivity contribution < 1.29 is 18.8 Å². The van der Waals surface area contributed by atoms with Crippen LogP contribution >= 0.6 is 0 Å². The monoisotopic (exact) mass is 319 g/mol. The van der Waals surface area contributed by atoms with Gasteiger partial charge in [0, 0.05) is 6.20 Å². The molecule has 1 saturated carbocycles. The third-order valence-corrected chi connectivity index (χ3v) is 4.67. The smallest absolute Gasteiger partial charge is 0.247 e. The Kier molecular flexibility index (Phi) is 4.11. The maximum Gasteiger partial charge on any atom is 0.247 e. The standard InChI is InChI=1S/C16H18FN3O3/c1-9(14(21)19-13-6-7-18-8-12(13)17)20-15(22)10-4-2-3-5-11(10)16(20)23/h6-11H,2-5H2,1H3,(H,18,19,21). The lowest BCUT2D eigenvalue weighted by atomic mass is 9.81. The third kappa shape index (κ3) is 2.71. The maximum absolute atomic E-state index is 13.6. The molecule has 3 rings (SSSR count). The fourth-order valence-corrected chi connectivity index (χ4v) is 3.40. The highest BCUT2D eigenvalue weighted by Crippen LogP contribution is 2.38. The molecule has 1 N–H and O–H groups in total. The van der Waals surface area contributed by atoms with Crippen LogP contribution in [0.3, 0.4) is 0 Å². The number of likely N-dealkylation sites (tertiary alicyclic amines) is 1. The molecule has 6 nitrogen and oxygen atoms in total. The van der Waals surface area contributed by atoms with E-state index in [1.54, 1.807) is 0 Å². The molecule has 2 fully saturated rings. The van der Waals surface area contributed by atoms with Crippen molar-refractivity contribution in [2.75, 3.05) is 5.32 Å². The first-order valence-electron chi connectivity index (χ1n) is 7.78. The van der Waals surface area contributed by atoms with Crippen LogP contribution in [0.15, 0.2) is 18.5 Å². The number of aromatic nitrogens is 1. The van der Waals surface area contributed by atoms with Gasteiger partial charge < -0.3 is 5.32 Å². The van der Waals surface area contributed by atoms with E-state index in [-0.39, 0.29) is 29.3 Å². The van der Waals surface area contributed by atoms with E-state index >= 15 is 0 Å². The number of nitrogens with one attached hydrogen (secondary N) is 1. The van der Waals surface area contributed by atoms with Crippen molar-refractivity contribution in [2.24, 2.45) is 11.8 Å². The topological polar surface area (TPSA) is 79.4 Å². The summed E-state index contributed by atoms with van der Waals surface area (Å²) in [7, 11) is 0. The number of pyridine rings is 1. The molecule has 2 aliphatic rings. The minimum atomic E-state index is -0.965. The number of rotatable bonds is 3. The summed E-state index contributed by atoms with van der Waals surface area (Å²) in [6.45, 7) is 1.49. The number of carbonyl (C=O) groups is 3. The first-order valence-corrected chi connectivity index (χ1v) is 7.78. The summed E-state index contributed by atoms with van der Waals surface area (Å²) >= 11 is 0. The molecule has 1 aromatic rings. The van der Waals surface area contributed by atoms with Crippen molar-refractivity contribution >= 4 is 23.4 Å². The summed E-state index contributed by atoms with van der Waals surface area (Å²) in [4.78, 5) is 41.9. The average molecular weight is 319 g/mol. The van der Waals surface area contributed by atoms with Crippen LogP contribution in [0, 0.1) is 17.7 Å². The van der Waals surface area contributed by atoms with E-state index in [9.17, 15) is 18.8 Å². The normalized spacial score (nSPS) is 25.2. The number of imide groups is 1. The molecule has 3 amide bonds. The molecular formula is C16H18FN3O3. The quantitative estimate of drug-likeness (QED) is 0.860. The molecule has 0 spiro atoms. The Morgan fingerprint density at radius 3 is 2.48 bits per heavy atom. The molecule has 1 saturated heterocycles. The Morgan fingerprint density at radius 2 is 1.91 bits per heavy atom. The summed E-state index contributed by atoms with van der Waals surface area (Å²) in [5, 5.41) is 2.41. The number of hydrogen-bond donors (Lipinski definition) is 1. The van der Waals surface area contributed by atoms with Gasteiger partial charge in [0.15, 0.2) is 5.82 Å². The van der Waals surface area contributed by atoms with Crippen molar-refractivity contribution in [3.05, 3.63) is 24.3 Å². The molecule has 3 unspecified atom stereocenters. The fourth-order valence-electron chi connectivity index (χ4n) is 3.40. The van der Waals surface area contributed by atoms with Crippen LogP contribution in [0.5, 0.6) is 0 Å². The Balaban J connectivity index is 1.76. The Labute approximate surface area is 133 Å². The number of carbonyl (C=O) groups excluding carboxylic acids is 3. The summed E-state index contributed by atoms with van der Waals surface area (Å²) < 4.78 is 13.6. The number of fused-ring (bicyclic) bond motifs is 1. The zero-order chi connectivity index (χ0) is 16.6. The predicted molar refractivity (Wildman–Crippen MR) is 79.6 cm³/mol. The minimum Gasteiger partial charge on any atom is -0.322 e.